The van der Waals surface area contributed by atoms with Crippen molar-refractivity contribution in [3.05, 3.63) is 0 Å². The summed E-state index contributed by atoms with van der Waals surface area (Å²) >= 11 is 0. The molecule has 1 saturated carbocycles. The quantitative estimate of drug-likeness (QED) is 0.494. The van der Waals surface area contributed by atoms with Crippen LogP contribution in [0.1, 0.15) is 19.3 Å². The first-order chi connectivity index (χ1) is 4.77. The maximum atomic E-state index is 5.85. The molecule has 0 aromatic carbocycles. The number of hydrogen-bond acceptors (Lipinski definition) is 3. The molecule has 0 amide bonds. The molecule has 0 radical (unpaired) electrons. The Morgan fingerprint density at radius 3 is 3.10 bits per heavy atom. The van der Waals surface area contributed by atoms with Crippen molar-refractivity contribution in [2.45, 2.75) is 31.5 Å². The summed E-state index contributed by atoms with van der Waals surface area (Å²) in [6, 6.07) is 0.754. The molecule has 3 heteroatoms. The largest absolute Gasteiger partial charge is 0.315 e. The lowest BCUT2D eigenvalue weighted by Gasteiger charge is -2.35. The number of nitrogens with zero attached hydrogens (tertiary/aromatic N) is 1. The summed E-state index contributed by atoms with van der Waals surface area (Å²) in [6.45, 7) is 0. The second kappa shape index (κ2) is 2.19. The average Bonchev–Trinajstić information content (AvgIpc) is 2.28. The average molecular weight is 141 g/mol. The topological polar surface area (TPSA) is 41.3 Å². The zero-order valence-corrected chi connectivity index (χ0v) is 6.38. The maximum Gasteiger partial charge on any atom is 0.0710 e. The first-order valence-electron chi connectivity index (χ1n) is 4.02. The highest BCUT2D eigenvalue weighted by Crippen LogP contribution is 2.32. The van der Waals surface area contributed by atoms with Gasteiger partial charge in [0.2, 0.25) is 0 Å². The molecule has 1 aliphatic carbocycles. The predicted octanol–water partition coefficient (Wildman–Crippen LogP) is -0.110. The monoisotopic (exact) mass is 141 g/mol. The number of hydrogen-bond donors (Lipinski definition) is 2. The Balaban J connectivity index is 2.09. The molecule has 2 bridgehead atoms. The lowest BCUT2D eigenvalue weighted by molar-refractivity contribution is 0.0846. The summed E-state index contributed by atoms with van der Waals surface area (Å²) in [5, 5.41) is 2.17. The van der Waals surface area contributed by atoms with E-state index in [9.17, 15) is 0 Å². The van der Waals surface area contributed by atoms with Gasteiger partial charge in [0, 0.05) is 13.1 Å². The van der Waals surface area contributed by atoms with Gasteiger partial charge in [-0.2, -0.15) is 0 Å². The molecule has 1 heterocycles. The van der Waals surface area contributed by atoms with Crippen LogP contribution in [0.5, 0.6) is 0 Å². The van der Waals surface area contributed by atoms with E-state index in [1.165, 1.54) is 19.3 Å². The first-order valence-corrected chi connectivity index (χ1v) is 4.02. The van der Waals surface area contributed by atoms with E-state index in [0.717, 1.165) is 12.0 Å². The Morgan fingerprint density at radius 1 is 1.50 bits per heavy atom. The fourth-order valence-electron chi connectivity index (χ4n) is 2.12. The van der Waals surface area contributed by atoms with E-state index < -0.39 is 0 Å². The van der Waals surface area contributed by atoms with Crippen molar-refractivity contribution in [3.63, 3.8) is 0 Å². The molecule has 0 aromatic rings. The summed E-state index contributed by atoms with van der Waals surface area (Å²) in [4.78, 5) is 0. The number of hydrazine groups is 1. The van der Waals surface area contributed by atoms with Crippen molar-refractivity contribution < 1.29 is 0 Å². The van der Waals surface area contributed by atoms with Crippen molar-refractivity contribution in [1.29, 1.82) is 0 Å². The maximum absolute atomic E-state index is 5.85. The van der Waals surface area contributed by atoms with Crippen molar-refractivity contribution in [3.8, 4) is 0 Å². The molecule has 0 aromatic heterocycles. The molecular weight excluding hydrogens is 126 g/mol. The Labute approximate surface area is 61.5 Å². The Bertz CT molecular complexity index is 123. The minimum atomic E-state index is 0.212. The van der Waals surface area contributed by atoms with Gasteiger partial charge in [-0.3, -0.25) is 0 Å². The molecule has 2 rings (SSSR count). The summed E-state index contributed by atoms with van der Waals surface area (Å²) in [6.07, 6.45) is 4.14. The molecule has 3 N–H and O–H groups in total. The van der Waals surface area contributed by atoms with Gasteiger partial charge in [0.15, 0.2) is 0 Å². The van der Waals surface area contributed by atoms with E-state index in [0.29, 0.717) is 0 Å². The van der Waals surface area contributed by atoms with Gasteiger partial charge in [-0.25, -0.2) is 10.4 Å². The van der Waals surface area contributed by atoms with Gasteiger partial charge in [0.1, 0.15) is 0 Å². The zero-order valence-electron chi connectivity index (χ0n) is 6.38. The SMILES string of the molecule is CN1NC(N)C2CCC1C2. The molecule has 58 valence electrons. The first kappa shape index (κ1) is 6.58. The van der Waals surface area contributed by atoms with Crippen LogP contribution in [0.3, 0.4) is 0 Å². The number of nitrogens with one attached hydrogen (secondary N) is 1. The number of fused-ring (bicyclic) bond motifs is 2. The highest BCUT2D eigenvalue weighted by atomic mass is 15.5. The standard InChI is InChI=1S/C7H15N3/c1-10-6-3-2-5(4-6)7(8)9-10/h5-7,9H,2-4,8H2,1H3. The van der Waals surface area contributed by atoms with E-state index in [1.54, 1.807) is 0 Å². The van der Waals surface area contributed by atoms with E-state index in [2.05, 4.69) is 17.5 Å². The van der Waals surface area contributed by atoms with Crippen molar-refractivity contribution in [1.82, 2.24) is 10.4 Å². The second-order valence-corrected chi connectivity index (χ2v) is 3.49. The molecule has 2 aliphatic rings. The predicted molar refractivity (Wildman–Crippen MR) is 40.0 cm³/mol. The summed E-state index contributed by atoms with van der Waals surface area (Å²) < 4.78 is 0. The van der Waals surface area contributed by atoms with Crippen LogP contribution in [0, 0.1) is 5.92 Å². The summed E-state index contributed by atoms with van der Waals surface area (Å²) in [7, 11) is 2.09. The normalized spacial score (nSPS) is 48.0. The minimum absolute atomic E-state index is 0.212. The van der Waals surface area contributed by atoms with Gasteiger partial charge in [-0.15, -0.1) is 0 Å². The van der Waals surface area contributed by atoms with Crippen LogP contribution in [0.4, 0.5) is 0 Å². The van der Waals surface area contributed by atoms with E-state index in [4.69, 9.17) is 5.73 Å². The number of nitrogens with two attached hydrogens (primary N) is 1. The van der Waals surface area contributed by atoms with E-state index in [-0.39, 0.29) is 6.17 Å². The van der Waals surface area contributed by atoms with Crippen LogP contribution in [-0.2, 0) is 0 Å². The lowest BCUT2D eigenvalue weighted by atomic mass is 10.0. The van der Waals surface area contributed by atoms with Crippen LogP contribution in [-0.4, -0.2) is 24.3 Å². The van der Waals surface area contributed by atoms with E-state index in [1.807, 2.05) is 0 Å². The van der Waals surface area contributed by atoms with Gasteiger partial charge in [0.25, 0.3) is 0 Å². The third-order valence-corrected chi connectivity index (χ3v) is 2.85. The summed E-state index contributed by atoms with van der Waals surface area (Å²) in [5.41, 5.74) is 9.11. The fraction of sp³-hybridized carbons (Fsp3) is 1.00. The van der Waals surface area contributed by atoms with E-state index >= 15 is 0 Å². The van der Waals surface area contributed by atoms with Crippen LogP contribution in [0.2, 0.25) is 0 Å². The minimum Gasteiger partial charge on any atom is -0.315 e. The second-order valence-electron chi connectivity index (χ2n) is 3.49. The van der Waals surface area contributed by atoms with Crippen LogP contribution in [0.15, 0.2) is 0 Å². The van der Waals surface area contributed by atoms with Crippen LogP contribution < -0.4 is 11.2 Å². The molecule has 3 atom stereocenters. The molecule has 1 aliphatic heterocycles. The Kier molecular flexibility index (Phi) is 1.44. The van der Waals surface area contributed by atoms with Crippen molar-refractivity contribution >= 4 is 0 Å². The molecule has 2 fully saturated rings. The Morgan fingerprint density at radius 2 is 2.30 bits per heavy atom. The molecule has 3 nitrogen and oxygen atoms in total. The smallest absolute Gasteiger partial charge is 0.0710 e. The van der Waals surface area contributed by atoms with Crippen molar-refractivity contribution in [2.75, 3.05) is 7.05 Å². The number of rotatable bonds is 0. The molecule has 0 spiro atoms. The molecule has 3 unspecified atom stereocenters. The van der Waals surface area contributed by atoms with Crippen LogP contribution >= 0.6 is 0 Å². The van der Waals surface area contributed by atoms with Gasteiger partial charge in [0.05, 0.1) is 6.17 Å². The zero-order chi connectivity index (χ0) is 7.14. The van der Waals surface area contributed by atoms with Crippen molar-refractivity contribution in [2.24, 2.45) is 11.7 Å². The molecule has 1 saturated heterocycles. The van der Waals surface area contributed by atoms with Crippen LogP contribution in [0.25, 0.3) is 0 Å². The highest BCUT2D eigenvalue weighted by molar-refractivity contribution is 4.89. The fourth-order valence-corrected chi connectivity index (χ4v) is 2.12. The van der Waals surface area contributed by atoms with Gasteiger partial charge >= 0.3 is 0 Å². The van der Waals surface area contributed by atoms with Gasteiger partial charge in [-0.1, -0.05) is 0 Å². The third kappa shape index (κ3) is 0.856. The van der Waals surface area contributed by atoms with Gasteiger partial charge in [-0.05, 0) is 25.2 Å². The Hall–Kier alpha value is -0.120. The van der Waals surface area contributed by atoms with Gasteiger partial charge < -0.3 is 5.73 Å². The third-order valence-electron chi connectivity index (χ3n) is 2.85. The molecule has 10 heavy (non-hydrogen) atoms. The summed E-state index contributed by atoms with van der Waals surface area (Å²) in [5.74, 6) is 0.737. The lowest BCUT2D eigenvalue weighted by Crippen LogP contribution is -2.56. The highest BCUT2D eigenvalue weighted by Gasteiger charge is 2.36. The molecular formula is C7H15N3.